The summed E-state index contributed by atoms with van der Waals surface area (Å²) in [6.45, 7) is 7.16. The number of H-pyrrole nitrogens is 1. The minimum Gasteiger partial charge on any atom is -0.418 e. The third-order valence-electron chi connectivity index (χ3n) is 5.55. The summed E-state index contributed by atoms with van der Waals surface area (Å²) in [6, 6.07) is 8.65. The number of anilines is 1. The molecule has 160 valence electrons. The van der Waals surface area contributed by atoms with Crippen LogP contribution in [0, 0.1) is 0 Å². The van der Waals surface area contributed by atoms with Gasteiger partial charge in [-0.25, -0.2) is 4.98 Å². The van der Waals surface area contributed by atoms with Crippen molar-refractivity contribution in [2.45, 2.75) is 19.4 Å². The van der Waals surface area contributed by atoms with E-state index in [2.05, 4.69) is 37.2 Å². The Labute approximate surface area is 176 Å². The zero-order valence-electron chi connectivity index (χ0n) is 17.6. The van der Waals surface area contributed by atoms with Gasteiger partial charge in [-0.05, 0) is 25.0 Å². The van der Waals surface area contributed by atoms with E-state index in [4.69, 9.17) is 9.15 Å². The van der Waals surface area contributed by atoms with Crippen LogP contribution < -0.4 is 10.2 Å². The molecule has 3 aromatic rings. The van der Waals surface area contributed by atoms with Crippen LogP contribution in [0.25, 0.3) is 10.9 Å². The van der Waals surface area contributed by atoms with E-state index in [1.54, 1.807) is 7.11 Å². The third kappa shape index (κ3) is 4.66. The topological polar surface area (TPSA) is 86.6 Å². The molecule has 2 N–H and O–H groups in total. The third-order valence-corrected chi connectivity index (χ3v) is 5.55. The summed E-state index contributed by atoms with van der Waals surface area (Å²) >= 11 is 0. The Morgan fingerprint density at radius 2 is 2.10 bits per heavy atom. The number of nitrogens with one attached hydrogen (secondary N) is 2. The first kappa shape index (κ1) is 20.4. The van der Waals surface area contributed by atoms with Crippen molar-refractivity contribution in [3.63, 3.8) is 0 Å². The Hall–Kier alpha value is -2.84. The van der Waals surface area contributed by atoms with Gasteiger partial charge in [-0.1, -0.05) is 18.2 Å². The molecule has 1 aromatic carbocycles. The van der Waals surface area contributed by atoms with E-state index in [-0.39, 0.29) is 17.7 Å². The van der Waals surface area contributed by atoms with Crippen LogP contribution in [0.1, 0.15) is 23.0 Å². The van der Waals surface area contributed by atoms with Crippen LogP contribution in [0.3, 0.4) is 0 Å². The number of ether oxygens (including phenoxy) is 1. The van der Waals surface area contributed by atoms with Gasteiger partial charge >= 0.3 is 0 Å². The summed E-state index contributed by atoms with van der Waals surface area (Å²) in [4.78, 5) is 24.6. The van der Waals surface area contributed by atoms with Crippen LogP contribution in [-0.4, -0.2) is 73.3 Å². The fourth-order valence-electron chi connectivity index (χ4n) is 3.88. The van der Waals surface area contributed by atoms with Crippen LogP contribution in [-0.2, 0) is 11.2 Å². The molecule has 0 aliphatic carbocycles. The van der Waals surface area contributed by atoms with Gasteiger partial charge in [0.05, 0.1) is 12.8 Å². The molecule has 1 atom stereocenters. The number of hydrogen-bond donors (Lipinski definition) is 2. The van der Waals surface area contributed by atoms with Crippen LogP contribution in [0.15, 0.2) is 41.1 Å². The minimum absolute atomic E-state index is 0.0328. The number of fused-ring (bicyclic) bond motifs is 1. The number of nitrogens with zero attached hydrogens (tertiary/aromatic N) is 3. The summed E-state index contributed by atoms with van der Waals surface area (Å²) in [7, 11) is 1.72. The number of aromatic amines is 1. The maximum atomic E-state index is 12.6. The van der Waals surface area contributed by atoms with Gasteiger partial charge in [-0.3, -0.25) is 9.69 Å². The van der Waals surface area contributed by atoms with Gasteiger partial charge in [0, 0.05) is 63.0 Å². The second kappa shape index (κ2) is 9.32. The van der Waals surface area contributed by atoms with E-state index >= 15 is 0 Å². The van der Waals surface area contributed by atoms with Crippen molar-refractivity contribution in [2.24, 2.45) is 0 Å². The van der Waals surface area contributed by atoms with Crippen molar-refractivity contribution in [1.82, 2.24) is 20.2 Å². The van der Waals surface area contributed by atoms with Crippen LogP contribution in [0.2, 0.25) is 0 Å². The van der Waals surface area contributed by atoms with E-state index in [0.29, 0.717) is 6.01 Å². The lowest BCUT2D eigenvalue weighted by Crippen LogP contribution is -2.47. The molecule has 30 heavy (non-hydrogen) atoms. The molecule has 3 heterocycles. The first-order chi connectivity index (χ1) is 14.6. The van der Waals surface area contributed by atoms with Crippen molar-refractivity contribution in [1.29, 1.82) is 0 Å². The van der Waals surface area contributed by atoms with Gasteiger partial charge in [-0.15, -0.1) is 0 Å². The van der Waals surface area contributed by atoms with Gasteiger partial charge in [-0.2, -0.15) is 0 Å². The Bertz CT molecular complexity index is 974. The molecule has 1 unspecified atom stereocenters. The number of para-hydroxylation sites is 1. The highest BCUT2D eigenvalue weighted by molar-refractivity contribution is 5.91. The van der Waals surface area contributed by atoms with Crippen molar-refractivity contribution in [2.75, 3.05) is 51.3 Å². The lowest BCUT2D eigenvalue weighted by atomic mass is 10.1. The Balaban J connectivity index is 1.31. The number of carbonyl (C=O) groups is 1. The maximum Gasteiger partial charge on any atom is 0.298 e. The van der Waals surface area contributed by atoms with E-state index in [0.717, 1.165) is 51.3 Å². The molecule has 0 bridgehead atoms. The van der Waals surface area contributed by atoms with Crippen molar-refractivity contribution >= 4 is 22.8 Å². The molecular weight excluding hydrogens is 382 g/mol. The van der Waals surface area contributed by atoms with Crippen LogP contribution in [0.4, 0.5) is 6.01 Å². The molecule has 0 radical (unpaired) electrons. The smallest absolute Gasteiger partial charge is 0.298 e. The quantitative estimate of drug-likeness (QED) is 0.591. The summed E-state index contributed by atoms with van der Waals surface area (Å²) in [5.41, 5.74) is 2.29. The molecule has 1 fully saturated rings. The molecule has 2 aromatic heterocycles. The van der Waals surface area contributed by atoms with Crippen LogP contribution >= 0.6 is 0 Å². The number of oxazole rings is 1. The second-order valence-electron chi connectivity index (χ2n) is 7.77. The number of methoxy groups -OCH3 is 1. The van der Waals surface area contributed by atoms with E-state index < -0.39 is 0 Å². The van der Waals surface area contributed by atoms with Crippen LogP contribution in [0.5, 0.6) is 0 Å². The van der Waals surface area contributed by atoms with E-state index in [1.165, 1.54) is 17.1 Å². The molecule has 0 spiro atoms. The zero-order valence-corrected chi connectivity index (χ0v) is 17.6. The normalized spacial score (nSPS) is 16.1. The molecule has 8 heteroatoms. The Morgan fingerprint density at radius 1 is 1.30 bits per heavy atom. The molecule has 1 saturated heterocycles. The summed E-state index contributed by atoms with van der Waals surface area (Å²) in [5.74, 6) is 0.0115. The zero-order chi connectivity index (χ0) is 20.9. The lowest BCUT2D eigenvalue weighted by Gasteiger charge is -2.33. The van der Waals surface area contributed by atoms with Gasteiger partial charge in [0.2, 0.25) is 5.76 Å². The van der Waals surface area contributed by atoms with Gasteiger partial charge in [0.25, 0.3) is 11.9 Å². The average Bonchev–Trinajstić information content (AvgIpc) is 3.41. The lowest BCUT2D eigenvalue weighted by molar-refractivity contribution is 0.0912. The first-order valence-corrected chi connectivity index (χ1v) is 10.4. The summed E-state index contributed by atoms with van der Waals surface area (Å²) < 4.78 is 10.9. The maximum absolute atomic E-state index is 12.6. The number of piperazine rings is 1. The summed E-state index contributed by atoms with van der Waals surface area (Å²) in [6.07, 6.45) is 4.26. The predicted octanol–water partition coefficient (Wildman–Crippen LogP) is 2.29. The molecule has 4 rings (SSSR count). The highest BCUT2D eigenvalue weighted by atomic mass is 16.5. The molecule has 1 amide bonds. The number of aromatic nitrogens is 2. The SMILES string of the molecule is COCCN1CCN(c2ncc(C(=O)NC(C)Cc3c[nH]c4ccccc34)o2)CC1. The molecule has 1 aliphatic heterocycles. The summed E-state index contributed by atoms with van der Waals surface area (Å²) in [5, 5.41) is 4.20. The molecule has 0 saturated carbocycles. The highest BCUT2D eigenvalue weighted by Crippen LogP contribution is 2.20. The van der Waals surface area contributed by atoms with Gasteiger partial charge in [0.1, 0.15) is 0 Å². The Morgan fingerprint density at radius 3 is 2.90 bits per heavy atom. The molecule has 1 aliphatic rings. The van der Waals surface area contributed by atoms with E-state index in [9.17, 15) is 4.79 Å². The highest BCUT2D eigenvalue weighted by Gasteiger charge is 2.22. The largest absolute Gasteiger partial charge is 0.418 e. The number of rotatable bonds is 8. The van der Waals surface area contributed by atoms with Crippen molar-refractivity contribution in [3.05, 3.63) is 48.0 Å². The monoisotopic (exact) mass is 411 g/mol. The minimum atomic E-state index is -0.236. The number of amides is 1. The number of hydrogen-bond acceptors (Lipinski definition) is 6. The molecule has 8 nitrogen and oxygen atoms in total. The number of benzene rings is 1. The van der Waals surface area contributed by atoms with Gasteiger partial charge < -0.3 is 24.4 Å². The van der Waals surface area contributed by atoms with Gasteiger partial charge in [0.15, 0.2) is 0 Å². The van der Waals surface area contributed by atoms with Crippen molar-refractivity contribution in [3.8, 4) is 0 Å². The second-order valence-corrected chi connectivity index (χ2v) is 7.77. The fourth-order valence-corrected chi connectivity index (χ4v) is 3.88. The van der Waals surface area contributed by atoms with Crippen molar-refractivity contribution < 1.29 is 13.9 Å². The number of carbonyl (C=O) groups excluding carboxylic acids is 1. The van der Waals surface area contributed by atoms with E-state index in [1.807, 2.05) is 25.3 Å². The molecular formula is C22H29N5O3. The fraction of sp³-hybridized carbons (Fsp3) is 0.455. The average molecular weight is 412 g/mol. The Kier molecular flexibility index (Phi) is 6.35. The standard InChI is InChI=1S/C22H29N5O3/c1-16(13-17-14-23-19-6-4-3-5-18(17)19)25-21(28)20-15-24-22(30-20)27-9-7-26(8-10-27)11-12-29-2/h3-6,14-16,23H,7-13H2,1-2H3,(H,25,28). The predicted molar refractivity (Wildman–Crippen MR) is 116 cm³/mol. The first-order valence-electron chi connectivity index (χ1n) is 10.4.